The van der Waals surface area contributed by atoms with Gasteiger partial charge in [0.05, 0.1) is 18.7 Å². The van der Waals surface area contributed by atoms with Crippen molar-refractivity contribution in [1.82, 2.24) is 24.7 Å². The van der Waals surface area contributed by atoms with Gasteiger partial charge in [-0.05, 0) is 12.5 Å². The van der Waals surface area contributed by atoms with Crippen LogP contribution in [0.15, 0.2) is 42.7 Å². The van der Waals surface area contributed by atoms with E-state index in [0.29, 0.717) is 44.0 Å². The Morgan fingerprint density at radius 1 is 1.09 bits per heavy atom. The van der Waals surface area contributed by atoms with Gasteiger partial charge in [0, 0.05) is 45.6 Å². The van der Waals surface area contributed by atoms with E-state index in [9.17, 15) is 14.4 Å². The average molecular weight is 438 g/mol. The fourth-order valence-electron chi connectivity index (χ4n) is 4.27. The molecule has 2 aliphatic heterocycles. The van der Waals surface area contributed by atoms with Crippen LogP contribution in [-0.4, -0.2) is 94.4 Å². The lowest BCUT2D eigenvalue weighted by atomic mass is 9.96. The van der Waals surface area contributed by atoms with E-state index in [0.717, 1.165) is 5.56 Å². The summed E-state index contributed by atoms with van der Waals surface area (Å²) >= 11 is 0. The number of nitrogens with zero attached hydrogens (tertiary/aromatic N) is 5. The van der Waals surface area contributed by atoms with Crippen molar-refractivity contribution < 1.29 is 19.1 Å². The third-order valence-corrected chi connectivity index (χ3v) is 6.02. The van der Waals surface area contributed by atoms with E-state index in [2.05, 4.69) is 9.97 Å². The van der Waals surface area contributed by atoms with Gasteiger partial charge in [0.1, 0.15) is 17.9 Å². The van der Waals surface area contributed by atoms with E-state index < -0.39 is 12.1 Å². The Morgan fingerprint density at radius 3 is 2.50 bits per heavy atom. The van der Waals surface area contributed by atoms with Crippen molar-refractivity contribution >= 4 is 17.7 Å². The van der Waals surface area contributed by atoms with Crippen LogP contribution in [0.4, 0.5) is 0 Å². The summed E-state index contributed by atoms with van der Waals surface area (Å²) < 4.78 is 5.11. The molecule has 168 valence electrons. The predicted octanol–water partition coefficient (Wildman–Crippen LogP) is 0.538. The first-order valence-electron chi connectivity index (χ1n) is 10.7. The number of carbonyl (C=O) groups is 3. The van der Waals surface area contributed by atoms with E-state index in [1.807, 2.05) is 30.3 Å². The van der Waals surface area contributed by atoms with Crippen LogP contribution in [0, 0.1) is 6.92 Å². The second-order valence-electron chi connectivity index (χ2n) is 8.05. The second kappa shape index (κ2) is 9.44. The Hall–Kier alpha value is -3.33. The third-order valence-electron chi connectivity index (χ3n) is 6.02. The summed E-state index contributed by atoms with van der Waals surface area (Å²) in [6.45, 7) is 3.66. The quantitative estimate of drug-likeness (QED) is 0.655. The zero-order valence-electron chi connectivity index (χ0n) is 18.3. The van der Waals surface area contributed by atoms with Crippen molar-refractivity contribution in [3.63, 3.8) is 0 Å². The minimum Gasteiger partial charge on any atom is -0.383 e. The van der Waals surface area contributed by atoms with Crippen LogP contribution in [0.3, 0.4) is 0 Å². The smallest absolute Gasteiger partial charge is 0.257 e. The first-order valence-corrected chi connectivity index (χ1v) is 10.7. The van der Waals surface area contributed by atoms with E-state index in [-0.39, 0.29) is 24.3 Å². The summed E-state index contributed by atoms with van der Waals surface area (Å²) in [7, 11) is 1.59. The molecule has 2 fully saturated rings. The molecular formula is C23H27N5O4. The minimum atomic E-state index is -0.699. The number of amides is 3. The van der Waals surface area contributed by atoms with E-state index in [1.165, 1.54) is 17.3 Å². The summed E-state index contributed by atoms with van der Waals surface area (Å²) in [5, 5.41) is 0. The van der Waals surface area contributed by atoms with Crippen molar-refractivity contribution in [1.29, 1.82) is 0 Å². The highest BCUT2D eigenvalue weighted by Crippen LogP contribution is 2.25. The normalized spacial score (nSPS) is 21.0. The molecule has 0 saturated carbocycles. The zero-order chi connectivity index (χ0) is 22.7. The standard InChI is InChI=1S/C23H27N5O4/c1-16-24-13-18(14-25-16)21(29)28-15-20-22(30)26(10-11-32-2)8-9-27(20)23(31)19(28)12-17-6-4-3-5-7-17/h3-7,13-14,19-20H,8-12,15H2,1-2H3/t19-,20-/m0/s1. The van der Waals surface area contributed by atoms with Gasteiger partial charge < -0.3 is 19.4 Å². The van der Waals surface area contributed by atoms with Crippen LogP contribution in [-0.2, 0) is 20.7 Å². The van der Waals surface area contributed by atoms with E-state index >= 15 is 0 Å². The zero-order valence-corrected chi connectivity index (χ0v) is 18.3. The van der Waals surface area contributed by atoms with Crippen LogP contribution >= 0.6 is 0 Å². The lowest BCUT2D eigenvalue weighted by Crippen LogP contribution is -2.70. The largest absolute Gasteiger partial charge is 0.383 e. The van der Waals surface area contributed by atoms with Crippen LogP contribution in [0.1, 0.15) is 21.7 Å². The first kappa shape index (κ1) is 21.9. The van der Waals surface area contributed by atoms with Crippen molar-refractivity contribution in [2.45, 2.75) is 25.4 Å². The van der Waals surface area contributed by atoms with Gasteiger partial charge in [-0.25, -0.2) is 9.97 Å². The maximum absolute atomic E-state index is 13.5. The average Bonchev–Trinajstić information content (AvgIpc) is 2.81. The van der Waals surface area contributed by atoms with Crippen LogP contribution in [0.5, 0.6) is 0 Å². The van der Waals surface area contributed by atoms with Crippen molar-refractivity contribution in [3.05, 3.63) is 59.7 Å². The molecule has 1 aromatic carbocycles. The molecule has 0 N–H and O–H groups in total. The van der Waals surface area contributed by atoms with Gasteiger partial charge in [-0.2, -0.15) is 0 Å². The topological polar surface area (TPSA) is 95.9 Å². The molecule has 2 saturated heterocycles. The molecule has 2 aliphatic rings. The number of ether oxygens (including phenoxy) is 1. The molecule has 3 heterocycles. The van der Waals surface area contributed by atoms with Gasteiger partial charge in [0.25, 0.3) is 5.91 Å². The minimum absolute atomic E-state index is 0.137. The Morgan fingerprint density at radius 2 is 1.81 bits per heavy atom. The molecule has 32 heavy (non-hydrogen) atoms. The Kier molecular flexibility index (Phi) is 6.45. The van der Waals surface area contributed by atoms with Gasteiger partial charge in [0.15, 0.2) is 0 Å². The van der Waals surface area contributed by atoms with E-state index in [1.54, 1.807) is 23.8 Å². The SMILES string of the molecule is COCCN1CCN2C(=O)[C@H](Cc3ccccc3)N(C(=O)c3cnc(C)nc3)C[C@H]2C1=O. The number of aromatic nitrogens is 2. The number of fused-ring (bicyclic) bond motifs is 1. The highest BCUT2D eigenvalue weighted by Gasteiger charge is 2.48. The number of rotatable bonds is 6. The third kappa shape index (κ3) is 4.34. The lowest BCUT2D eigenvalue weighted by molar-refractivity contribution is -0.160. The number of piperazine rings is 2. The number of carbonyl (C=O) groups excluding carboxylic acids is 3. The Labute approximate surface area is 187 Å². The van der Waals surface area contributed by atoms with Gasteiger partial charge in [0.2, 0.25) is 11.8 Å². The molecule has 0 aliphatic carbocycles. The highest BCUT2D eigenvalue weighted by molar-refractivity contribution is 6.00. The Balaban J connectivity index is 1.64. The fraction of sp³-hybridized carbons (Fsp3) is 0.435. The molecule has 0 radical (unpaired) electrons. The van der Waals surface area contributed by atoms with Crippen LogP contribution in [0.25, 0.3) is 0 Å². The first-order chi connectivity index (χ1) is 15.5. The molecule has 0 bridgehead atoms. The predicted molar refractivity (Wildman–Crippen MR) is 116 cm³/mol. The van der Waals surface area contributed by atoms with Gasteiger partial charge in [-0.15, -0.1) is 0 Å². The maximum atomic E-state index is 13.5. The molecule has 0 spiro atoms. The van der Waals surface area contributed by atoms with Gasteiger partial charge >= 0.3 is 0 Å². The molecule has 9 nitrogen and oxygen atoms in total. The molecule has 0 unspecified atom stereocenters. The molecule has 3 amide bonds. The molecular weight excluding hydrogens is 410 g/mol. The molecule has 4 rings (SSSR count). The number of hydrogen-bond acceptors (Lipinski definition) is 6. The number of aryl methyl sites for hydroxylation is 1. The van der Waals surface area contributed by atoms with Crippen LogP contribution in [0.2, 0.25) is 0 Å². The summed E-state index contributed by atoms with van der Waals surface area (Å²) in [6, 6.07) is 8.20. The maximum Gasteiger partial charge on any atom is 0.257 e. The van der Waals surface area contributed by atoms with Crippen LogP contribution < -0.4 is 0 Å². The fourth-order valence-corrected chi connectivity index (χ4v) is 4.27. The highest BCUT2D eigenvalue weighted by atomic mass is 16.5. The number of methoxy groups -OCH3 is 1. The summed E-state index contributed by atoms with van der Waals surface area (Å²) in [4.78, 5) is 53.2. The monoisotopic (exact) mass is 437 g/mol. The lowest BCUT2D eigenvalue weighted by Gasteiger charge is -2.49. The number of benzene rings is 1. The summed E-state index contributed by atoms with van der Waals surface area (Å²) in [5.41, 5.74) is 1.25. The molecule has 9 heteroatoms. The van der Waals surface area contributed by atoms with Crippen molar-refractivity contribution in [2.24, 2.45) is 0 Å². The summed E-state index contributed by atoms with van der Waals surface area (Å²) in [6.07, 6.45) is 3.31. The van der Waals surface area contributed by atoms with Gasteiger partial charge in [-0.3, -0.25) is 14.4 Å². The summed E-state index contributed by atoms with van der Waals surface area (Å²) in [5.74, 6) is -0.149. The van der Waals surface area contributed by atoms with Crippen molar-refractivity contribution in [2.75, 3.05) is 39.9 Å². The molecule has 2 atom stereocenters. The van der Waals surface area contributed by atoms with Gasteiger partial charge in [-0.1, -0.05) is 30.3 Å². The number of hydrogen-bond donors (Lipinski definition) is 0. The van der Waals surface area contributed by atoms with E-state index in [4.69, 9.17) is 4.74 Å². The Bertz CT molecular complexity index is 982. The second-order valence-corrected chi connectivity index (χ2v) is 8.05. The molecule has 2 aromatic rings. The molecule has 1 aromatic heterocycles. The van der Waals surface area contributed by atoms with Crippen molar-refractivity contribution in [3.8, 4) is 0 Å².